The second kappa shape index (κ2) is 5.87. The number of halogens is 3. The fourth-order valence-corrected chi connectivity index (χ4v) is 1.52. The van der Waals surface area contributed by atoms with Gasteiger partial charge in [0.15, 0.2) is 11.6 Å². The molecule has 1 aromatic carbocycles. The minimum Gasteiger partial charge on any atom is -0.489 e. The summed E-state index contributed by atoms with van der Waals surface area (Å²) in [5, 5.41) is 0. The molecule has 106 valence electrons. The predicted molar refractivity (Wildman–Crippen MR) is 67.0 cm³/mol. The molecule has 0 saturated heterocycles. The topological polar surface area (TPSA) is 61.0 Å². The molecule has 1 heterocycles. The number of hydrogen-bond donors (Lipinski definition) is 1. The van der Waals surface area contributed by atoms with Crippen LogP contribution in [0.5, 0.6) is 5.75 Å². The summed E-state index contributed by atoms with van der Waals surface area (Å²) in [5.74, 6) is 0.796. The van der Waals surface area contributed by atoms with Gasteiger partial charge in [-0.05, 0) is 12.1 Å². The molecule has 4 nitrogen and oxygen atoms in total. The summed E-state index contributed by atoms with van der Waals surface area (Å²) < 4.78 is 42.5. The molecule has 0 aliphatic rings. The van der Waals surface area contributed by atoms with Crippen molar-refractivity contribution in [3.63, 3.8) is 0 Å². The summed E-state index contributed by atoms with van der Waals surface area (Å²) in [6, 6.07) is 4.66. The maximum Gasteiger partial charge on any atom is 0.416 e. The van der Waals surface area contributed by atoms with Crippen LogP contribution in [0.3, 0.4) is 0 Å². The molecule has 20 heavy (non-hydrogen) atoms. The van der Waals surface area contributed by atoms with Gasteiger partial charge in [0.1, 0.15) is 6.61 Å². The number of ether oxygens (including phenoxy) is 1. The normalized spacial score (nSPS) is 11.4. The molecule has 0 atom stereocenters. The first-order valence-corrected chi connectivity index (χ1v) is 5.83. The Bertz CT molecular complexity index is 553. The third-order valence-corrected chi connectivity index (χ3v) is 2.49. The van der Waals surface area contributed by atoms with E-state index in [1.54, 1.807) is 0 Å². The zero-order valence-corrected chi connectivity index (χ0v) is 10.4. The van der Waals surface area contributed by atoms with Gasteiger partial charge in [-0.2, -0.15) is 13.2 Å². The standard InChI is InChI=1S/C13H12F3N3O/c14-13(15,16)10-3-1-9(2-4-10)12-18-7-11(8-19-12)20-6-5-17/h1-4,7-8H,5-6,17H2. The highest BCUT2D eigenvalue weighted by atomic mass is 19.4. The minimum atomic E-state index is -4.35. The highest BCUT2D eigenvalue weighted by molar-refractivity contribution is 5.55. The molecule has 0 spiro atoms. The maximum atomic E-state index is 12.4. The molecular formula is C13H12F3N3O. The summed E-state index contributed by atoms with van der Waals surface area (Å²) >= 11 is 0. The zero-order chi connectivity index (χ0) is 14.6. The van der Waals surface area contributed by atoms with E-state index in [1.807, 2.05) is 0 Å². The van der Waals surface area contributed by atoms with Crippen molar-refractivity contribution in [1.29, 1.82) is 0 Å². The molecule has 0 amide bonds. The van der Waals surface area contributed by atoms with E-state index >= 15 is 0 Å². The average Bonchev–Trinajstić information content (AvgIpc) is 2.45. The first kappa shape index (κ1) is 14.3. The van der Waals surface area contributed by atoms with Gasteiger partial charge >= 0.3 is 6.18 Å². The van der Waals surface area contributed by atoms with Crippen LogP contribution in [-0.4, -0.2) is 23.1 Å². The highest BCUT2D eigenvalue weighted by Crippen LogP contribution is 2.30. The number of alkyl halides is 3. The number of nitrogens with zero attached hydrogens (tertiary/aromatic N) is 2. The van der Waals surface area contributed by atoms with Crippen molar-refractivity contribution in [2.45, 2.75) is 6.18 Å². The van der Waals surface area contributed by atoms with E-state index in [0.717, 1.165) is 12.1 Å². The molecular weight excluding hydrogens is 271 g/mol. The molecule has 0 aliphatic carbocycles. The van der Waals surface area contributed by atoms with E-state index in [1.165, 1.54) is 24.5 Å². The van der Waals surface area contributed by atoms with Crippen molar-refractivity contribution in [2.24, 2.45) is 5.73 Å². The molecule has 2 rings (SSSR count). The molecule has 0 aliphatic heterocycles. The van der Waals surface area contributed by atoms with Crippen LogP contribution in [0, 0.1) is 0 Å². The Morgan fingerprint density at radius 2 is 1.65 bits per heavy atom. The first-order chi connectivity index (χ1) is 9.50. The van der Waals surface area contributed by atoms with Gasteiger partial charge in [0.05, 0.1) is 18.0 Å². The van der Waals surface area contributed by atoms with E-state index in [9.17, 15) is 13.2 Å². The first-order valence-electron chi connectivity index (χ1n) is 5.83. The van der Waals surface area contributed by atoms with Crippen LogP contribution in [0.2, 0.25) is 0 Å². The van der Waals surface area contributed by atoms with Gasteiger partial charge in [0, 0.05) is 12.1 Å². The Balaban J connectivity index is 2.15. The Morgan fingerprint density at radius 3 is 2.15 bits per heavy atom. The van der Waals surface area contributed by atoms with Gasteiger partial charge in [-0.1, -0.05) is 12.1 Å². The van der Waals surface area contributed by atoms with Gasteiger partial charge in [0.25, 0.3) is 0 Å². The van der Waals surface area contributed by atoms with Gasteiger partial charge in [-0.15, -0.1) is 0 Å². The molecule has 0 fully saturated rings. The van der Waals surface area contributed by atoms with Crippen molar-refractivity contribution >= 4 is 0 Å². The highest BCUT2D eigenvalue weighted by Gasteiger charge is 2.30. The predicted octanol–water partition coefficient (Wildman–Crippen LogP) is 2.50. The molecule has 1 aromatic heterocycles. The minimum absolute atomic E-state index is 0.332. The lowest BCUT2D eigenvalue weighted by Crippen LogP contribution is -2.10. The third kappa shape index (κ3) is 3.45. The van der Waals surface area contributed by atoms with E-state index in [4.69, 9.17) is 10.5 Å². The Morgan fingerprint density at radius 1 is 1.05 bits per heavy atom. The number of hydrogen-bond acceptors (Lipinski definition) is 4. The van der Waals surface area contributed by atoms with Gasteiger partial charge in [-0.3, -0.25) is 0 Å². The summed E-state index contributed by atoms with van der Waals surface area (Å²) in [5.41, 5.74) is 5.09. The van der Waals surface area contributed by atoms with Crippen molar-refractivity contribution in [2.75, 3.05) is 13.2 Å². The Labute approximate surface area is 113 Å². The summed E-state index contributed by atoms with van der Waals surface area (Å²) in [7, 11) is 0. The molecule has 0 saturated carbocycles. The van der Waals surface area contributed by atoms with Crippen molar-refractivity contribution in [1.82, 2.24) is 9.97 Å². The lowest BCUT2D eigenvalue weighted by Gasteiger charge is -2.07. The van der Waals surface area contributed by atoms with Crippen LogP contribution in [0.25, 0.3) is 11.4 Å². The summed E-state index contributed by atoms with van der Waals surface area (Å²) in [6.07, 6.45) is -1.44. The molecule has 0 radical (unpaired) electrons. The number of nitrogens with two attached hydrogens (primary N) is 1. The van der Waals surface area contributed by atoms with Crippen LogP contribution in [0.15, 0.2) is 36.7 Å². The van der Waals surface area contributed by atoms with Gasteiger partial charge in [0.2, 0.25) is 0 Å². The van der Waals surface area contributed by atoms with Crippen molar-refractivity contribution in [3.05, 3.63) is 42.2 Å². The van der Waals surface area contributed by atoms with Crippen LogP contribution in [0.4, 0.5) is 13.2 Å². The second-order valence-electron chi connectivity index (χ2n) is 3.95. The van der Waals surface area contributed by atoms with Crippen LogP contribution < -0.4 is 10.5 Å². The fourth-order valence-electron chi connectivity index (χ4n) is 1.52. The molecule has 0 unspecified atom stereocenters. The van der Waals surface area contributed by atoms with Crippen molar-refractivity contribution < 1.29 is 17.9 Å². The van der Waals surface area contributed by atoms with Crippen LogP contribution >= 0.6 is 0 Å². The molecule has 2 aromatic rings. The van der Waals surface area contributed by atoms with E-state index in [2.05, 4.69) is 9.97 Å². The van der Waals surface area contributed by atoms with Crippen LogP contribution in [0.1, 0.15) is 5.56 Å². The quantitative estimate of drug-likeness (QED) is 0.936. The van der Waals surface area contributed by atoms with E-state index in [0.29, 0.717) is 30.3 Å². The largest absolute Gasteiger partial charge is 0.489 e. The van der Waals surface area contributed by atoms with Crippen molar-refractivity contribution in [3.8, 4) is 17.1 Å². The third-order valence-electron chi connectivity index (χ3n) is 2.49. The van der Waals surface area contributed by atoms with Gasteiger partial charge < -0.3 is 10.5 Å². The number of aromatic nitrogens is 2. The Hall–Kier alpha value is -2.15. The van der Waals surface area contributed by atoms with E-state index < -0.39 is 11.7 Å². The fraction of sp³-hybridized carbons (Fsp3) is 0.231. The van der Waals surface area contributed by atoms with Crippen LogP contribution in [-0.2, 0) is 6.18 Å². The molecule has 0 bridgehead atoms. The molecule has 7 heteroatoms. The second-order valence-corrected chi connectivity index (χ2v) is 3.95. The summed E-state index contributed by atoms with van der Waals surface area (Å²) in [6.45, 7) is 0.726. The average molecular weight is 283 g/mol. The SMILES string of the molecule is NCCOc1cnc(-c2ccc(C(F)(F)F)cc2)nc1. The molecule has 2 N–H and O–H groups in total. The number of benzene rings is 1. The zero-order valence-electron chi connectivity index (χ0n) is 10.4. The lowest BCUT2D eigenvalue weighted by atomic mass is 10.1. The van der Waals surface area contributed by atoms with E-state index in [-0.39, 0.29) is 0 Å². The number of rotatable bonds is 4. The monoisotopic (exact) mass is 283 g/mol. The lowest BCUT2D eigenvalue weighted by molar-refractivity contribution is -0.137. The van der Waals surface area contributed by atoms with Gasteiger partial charge in [-0.25, -0.2) is 9.97 Å². The summed E-state index contributed by atoms with van der Waals surface area (Å²) in [4.78, 5) is 8.07. The smallest absolute Gasteiger partial charge is 0.416 e. The Kier molecular flexibility index (Phi) is 4.19. The maximum absolute atomic E-state index is 12.4.